The molecule has 1 unspecified atom stereocenters. The number of rotatable bonds is 5. The molecule has 2 heteroatoms. The first-order valence-electron chi connectivity index (χ1n) is 7.74. The number of aryl methyl sites for hydroxylation is 1. The normalized spacial score (nSPS) is 18.2. The Kier molecular flexibility index (Phi) is 4.87. The van der Waals surface area contributed by atoms with Crippen LogP contribution in [0.15, 0.2) is 12.1 Å². The van der Waals surface area contributed by atoms with Crippen LogP contribution in [0, 0.1) is 6.92 Å². The molecule has 0 saturated carbocycles. The van der Waals surface area contributed by atoms with Gasteiger partial charge in [0.15, 0.2) is 0 Å². The molecule has 1 aromatic rings. The molecule has 0 fully saturated rings. The molecule has 0 heterocycles. The zero-order valence-electron chi connectivity index (χ0n) is 12.6. The van der Waals surface area contributed by atoms with Crippen LogP contribution in [-0.2, 0) is 6.42 Å². The molecule has 0 saturated heterocycles. The Morgan fingerprint density at radius 2 is 1.89 bits per heavy atom. The number of aliphatic hydroxyl groups is 1. The van der Waals surface area contributed by atoms with E-state index < -0.39 is 0 Å². The fourth-order valence-corrected chi connectivity index (χ4v) is 3.32. The van der Waals surface area contributed by atoms with Crippen molar-refractivity contribution < 1.29 is 5.11 Å². The van der Waals surface area contributed by atoms with Crippen molar-refractivity contribution in [2.75, 3.05) is 18.0 Å². The van der Waals surface area contributed by atoms with E-state index in [0.717, 1.165) is 32.4 Å². The summed E-state index contributed by atoms with van der Waals surface area (Å²) in [5.41, 5.74) is 5.18. The van der Waals surface area contributed by atoms with E-state index in [9.17, 15) is 5.11 Å². The van der Waals surface area contributed by atoms with Gasteiger partial charge in [0.25, 0.3) is 0 Å². The van der Waals surface area contributed by atoms with E-state index in [1.54, 1.807) is 0 Å². The Hall–Kier alpha value is -1.02. The number of fused-ring (bicyclic) bond motifs is 1. The van der Waals surface area contributed by atoms with Crippen molar-refractivity contribution in [3.8, 4) is 0 Å². The molecule has 0 aromatic heterocycles. The summed E-state index contributed by atoms with van der Waals surface area (Å²) >= 11 is 0. The Morgan fingerprint density at radius 1 is 1.21 bits per heavy atom. The molecule has 1 atom stereocenters. The SMILES string of the molecule is CCCN(CCC)c1ccc2c(c1C)C(O)CCC2. The van der Waals surface area contributed by atoms with Crippen molar-refractivity contribution in [3.05, 3.63) is 28.8 Å². The van der Waals surface area contributed by atoms with E-state index in [4.69, 9.17) is 0 Å². The molecular weight excluding hydrogens is 234 g/mol. The van der Waals surface area contributed by atoms with Gasteiger partial charge in [-0.05, 0) is 61.8 Å². The minimum absolute atomic E-state index is 0.256. The third-order valence-corrected chi connectivity index (χ3v) is 4.16. The van der Waals surface area contributed by atoms with Crippen LogP contribution in [0.2, 0.25) is 0 Å². The number of aliphatic hydroxyl groups excluding tert-OH is 1. The summed E-state index contributed by atoms with van der Waals surface area (Å²) in [6.45, 7) is 8.84. The molecule has 1 aliphatic rings. The molecule has 2 nitrogen and oxygen atoms in total. The first kappa shape index (κ1) is 14.4. The monoisotopic (exact) mass is 261 g/mol. The van der Waals surface area contributed by atoms with E-state index in [2.05, 4.69) is 37.8 Å². The van der Waals surface area contributed by atoms with Gasteiger partial charge < -0.3 is 10.0 Å². The van der Waals surface area contributed by atoms with Gasteiger partial charge in [0.05, 0.1) is 6.10 Å². The van der Waals surface area contributed by atoms with Gasteiger partial charge in [-0.15, -0.1) is 0 Å². The van der Waals surface area contributed by atoms with Crippen LogP contribution < -0.4 is 4.90 Å². The molecule has 0 radical (unpaired) electrons. The number of anilines is 1. The van der Waals surface area contributed by atoms with E-state index in [-0.39, 0.29) is 6.10 Å². The minimum atomic E-state index is -0.256. The maximum absolute atomic E-state index is 10.3. The summed E-state index contributed by atoms with van der Waals surface area (Å²) in [7, 11) is 0. The summed E-state index contributed by atoms with van der Waals surface area (Å²) in [5.74, 6) is 0. The van der Waals surface area contributed by atoms with Crippen molar-refractivity contribution in [1.29, 1.82) is 0 Å². The summed E-state index contributed by atoms with van der Waals surface area (Å²) in [5, 5.41) is 10.3. The van der Waals surface area contributed by atoms with Gasteiger partial charge in [-0.3, -0.25) is 0 Å². The maximum Gasteiger partial charge on any atom is 0.0796 e. The summed E-state index contributed by atoms with van der Waals surface area (Å²) < 4.78 is 0. The second-order valence-corrected chi connectivity index (χ2v) is 5.68. The first-order valence-corrected chi connectivity index (χ1v) is 7.74. The van der Waals surface area contributed by atoms with Gasteiger partial charge in [0.2, 0.25) is 0 Å². The van der Waals surface area contributed by atoms with Crippen LogP contribution in [0.25, 0.3) is 0 Å². The highest BCUT2D eigenvalue weighted by Gasteiger charge is 2.22. The third kappa shape index (κ3) is 2.94. The highest BCUT2D eigenvalue weighted by molar-refractivity contribution is 5.59. The standard InChI is InChI=1S/C17H27NO/c1-4-11-18(12-5-2)15-10-9-14-7-6-8-16(19)17(14)13(15)3/h9-10,16,19H,4-8,11-12H2,1-3H3. The second kappa shape index (κ2) is 6.42. The Bertz CT molecular complexity index is 422. The molecule has 1 aromatic carbocycles. The lowest BCUT2D eigenvalue weighted by molar-refractivity contribution is 0.156. The van der Waals surface area contributed by atoms with E-state index in [1.807, 2.05) is 0 Å². The smallest absolute Gasteiger partial charge is 0.0796 e. The topological polar surface area (TPSA) is 23.5 Å². The molecule has 0 amide bonds. The fraction of sp³-hybridized carbons (Fsp3) is 0.647. The van der Waals surface area contributed by atoms with Gasteiger partial charge in [-0.25, -0.2) is 0 Å². The number of benzene rings is 1. The van der Waals surface area contributed by atoms with Crippen molar-refractivity contribution in [2.24, 2.45) is 0 Å². The quantitative estimate of drug-likeness (QED) is 0.866. The third-order valence-electron chi connectivity index (χ3n) is 4.16. The van der Waals surface area contributed by atoms with Gasteiger partial charge in [-0.1, -0.05) is 19.9 Å². The molecule has 106 valence electrons. The summed E-state index contributed by atoms with van der Waals surface area (Å²) in [6.07, 6.45) is 5.22. The van der Waals surface area contributed by atoms with Crippen LogP contribution in [0.1, 0.15) is 62.3 Å². The van der Waals surface area contributed by atoms with Crippen LogP contribution >= 0.6 is 0 Å². The van der Waals surface area contributed by atoms with Crippen molar-refractivity contribution >= 4 is 5.69 Å². The van der Waals surface area contributed by atoms with Gasteiger partial charge in [-0.2, -0.15) is 0 Å². The van der Waals surface area contributed by atoms with Crippen LogP contribution in [0.3, 0.4) is 0 Å². The van der Waals surface area contributed by atoms with Crippen molar-refractivity contribution in [1.82, 2.24) is 0 Å². The second-order valence-electron chi connectivity index (χ2n) is 5.68. The predicted molar refractivity (Wildman–Crippen MR) is 81.9 cm³/mol. The molecule has 2 rings (SSSR count). The van der Waals surface area contributed by atoms with Crippen molar-refractivity contribution in [2.45, 2.75) is 59.0 Å². The fourth-order valence-electron chi connectivity index (χ4n) is 3.32. The number of hydrogen-bond donors (Lipinski definition) is 1. The van der Waals surface area contributed by atoms with E-state index >= 15 is 0 Å². The minimum Gasteiger partial charge on any atom is -0.388 e. The summed E-state index contributed by atoms with van der Waals surface area (Å²) in [6, 6.07) is 4.50. The van der Waals surface area contributed by atoms with Gasteiger partial charge >= 0.3 is 0 Å². The average Bonchev–Trinajstić information content (AvgIpc) is 2.39. The van der Waals surface area contributed by atoms with Crippen LogP contribution in [-0.4, -0.2) is 18.2 Å². The molecule has 1 aliphatic carbocycles. The Balaban J connectivity index is 2.38. The van der Waals surface area contributed by atoms with E-state index in [1.165, 1.54) is 35.2 Å². The molecule has 0 aliphatic heterocycles. The zero-order chi connectivity index (χ0) is 13.8. The molecule has 19 heavy (non-hydrogen) atoms. The number of nitrogens with zero attached hydrogens (tertiary/aromatic N) is 1. The molecule has 1 N–H and O–H groups in total. The Morgan fingerprint density at radius 3 is 2.53 bits per heavy atom. The lowest BCUT2D eigenvalue weighted by atomic mass is 9.85. The summed E-state index contributed by atoms with van der Waals surface area (Å²) in [4.78, 5) is 2.47. The zero-order valence-corrected chi connectivity index (χ0v) is 12.6. The molecule has 0 spiro atoms. The lowest BCUT2D eigenvalue weighted by Gasteiger charge is -2.30. The lowest BCUT2D eigenvalue weighted by Crippen LogP contribution is -2.26. The van der Waals surface area contributed by atoms with Gasteiger partial charge in [0, 0.05) is 18.8 Å². The van der Waals surface area contributed by atoms with Crippen LogP contribution in [0.5, 0.6) is 0 Å². The van der Waals surface area contributed by atoms with E-state index in [0.29, 0.717) is 0 Å². The maximum atomic E-state index is 10.3. The Labute approximate surface area is 117 Å². The predicted octanol–water partition coefficient (Wildman–Crippen LogP) is 3.99. The van der Waals surface area contributed by atoms with Gasteiger partial charge in [0.1, 0.15) is 0 Å². The average molecular weight is 261 g/mol. The molecular formula is C17H27NO. The molecule has 0 bridgehead atoms. The highest BCUT2D eigenvalue weighted by Crippen LogP contribution is 2.36. The first-order chi connectivity index (χ1) is 9.19. The largest absolute Gasteiger partial charge is 0.388 e. The van der Waals surface area contributed by atoms with Crippen molar-refractivity contribution in [3.63, 3.8) is 0 Å². The van der Waals surface area contributed by atoms with Crippen LogP contribution in [0.4, 0.5) is 5.69 Å². The highest BCUT2D eigenvalue weighted by atomic mass is 16.3. The number of hydrogen-bond acceptors (Lipinski definition) is 2.